The van der Waals surface area contributed by atoms with Crippen LogP contribution < -0.4 is 10.5 Å². The topological polar surface area (TPSA) is 94.4 Å². The average Bonchev–Trinajstić information content (AvgIpc) is 2.86. The molecule has 1 heterocycles. The average molecular weight is 249 g/mol. The van der Waals surface area contributed by atoms with Gasteiger partial charge in [0, 0.05) is 6.42 Å². The molecule has 1 atom stereocenters. The summed E-state index contributed by atoms with van der Waals surface area (Å²) in [5.74, 6) is 1.56. The number of rotatable bonds is 5. The number of ether oxygens (including phenoxy) is 1. The second kappa shape index (κ2) is 5.61. The van der Waals surface area contributed by atoms with Crippen molar-refractivity contribution in [3.63, 3.8) is 0 Å². The van der Waals surface area contributed by atoms with E-state index < -0.39 is 6.04 Å². The number of hydrogen-bond acceptors (Lipinski definition) is 6. The summed E-state index contributed by atoms with van der Waals surface area (Å²) in [6, 6.07) is 6.99. The maximum atomic E-state index is 8.89. The summed E-state index contributed by atoms with van der Waals surface area (Å²) in [6.07, 6.45) is 0.527. The van der Waals surface area contributed by atoms with E-state index in [4.69, 9.17) is 20.1 Å². The van der Waals surface area contributed by atoms with Crippen LogP contribution in [-0.4, -0.2) is 29.0 Å². The molecule has 0 spiro atoms. The molecule has 96 valence electrons. The lowest BCUT2D eigenvalue weighted by molar-refractivity contribution is 0.236. The summed E-state index contributed by atoms with van der Waals surface area (Å²) >= 11 is 0. The van der Waals surface area contributed by atoms with Crippen molar-refractivity contribution in [1.29, 1.82) is 0 Å². The van der Waals surface area contributed by atoms with Crippen LogP contribution in [0, 0.1) is 0 Å². The summed E-state index contributed by atoms with van der Waals surface area (Å²) in [7, 11) is 1.62. The predicted octanol–water partition coefficient (Wildman–Crippen LogP) is 0.661. The predicted molar refractivity (Wildman–Crippen MR) is 64.1 cm³/mol. The van der Waals surface area contributed by atoms with Crippen molar-refractivity contribution in [2.24, 2.45) is 5.73 Å². The molecule has 3 N–H and O–H groups in total. The number of hydrogen-bond donors (Lipinski definition) is 2. The van der Waals surface area contributed by atoms with Gasteiger partial charge in [-0.3, -0.25) is 0 Å². The Bertz CT molecular complexity index is 513. The van der Waals surface area contributed by atoms with Gasteiger partial charge in [0.15, 0.2) is 5.82 Å². The second-order valence-corrected chi connectivity index (χ2v) is 3.87. The summed E-state index contributed by atoms with van der Waals surface area (Å²) < 4.78 is 10.1. The zero-order valence-corrected chi connectivity index (χ0v) is 10.0. The van der Waals surface area contributed by atoms with Gasteiger partial charge in [-0.05, 0) is 17.7 Å². The molecule has 2 aromatic rings. The van der Waals surface area contributed by atoms with Gasteiger partial charge in [0.1, 0.15) is 11.8 Å². The minimum absolute atomic E-state index is 0.221. The fraction of sp³-hybridized carbons (Fsp3) is 0.333. The zero-order chi connectivity index (χ0) is 13.0. The highest BCUT2D eigenvalue weighted by molar-refractivity contribution is 5.30. The van der Waals surface area contributed by atoms with Crippen LogP contribution in [0.25, 0.3) is 0 Å². The van der Waals surface area contributed by atoms with Crippen LogP contribution in [0.2, 0.25) is 0 Å². The zero-order valence-electron chi connectivity index (χ0n) is 10.0. The lowest BCUT2D eigenvalue weighted by Gasteiger charge is -2.01. The van der Waals surface area contributed by atoms with E-state index in [-0.39, 0.29) is 12.5 Å². The summed E-state index contributed by atoms with van der Waals surface area (Å²) in [4.78, 5) is 4.13. The largest absolute Gasteiger partial charge is 0.497 e. The summed E-state index contributed by atoms with van der Waals surface area (Å²) in [6.45, 7) is -0.221. The molecule has 0 radical (unpaired) electrons. The van der Waals surface area contributed by atoms with Gasteiger partial charge in [-0.25, -0.2) is 0 Å². The normalized spacial score (nSPS) is 12.4. The lowest BCUT2D eigenvalue weighted by Crippen LogP contribution is -2.14. The van der Waals surface area contributed by atoms with E-state index in [1.54, 1.807) is 7.11 Å². The molecule has 0 bridgehead atoms. The van der Waals surface area contributed by atoms with Crippen LogP contribution in [0.5, 0.6) is 5.75 Å². The van der Waals surface area contributed by atoms with E-state index in [1.165, 1.54) is 0 Å². The Hall–Kier alpha value is -1.92. The van der Waals surface area contributed by atoms with Gasteiger partial charge >= 0.3 is 0 Å². The quantitative estimate of drug-likeness (QED) is 0.808. The van der Waals surface area contributed by atoms with Gasteiger partial charge in [0.25, 0.3) is 0 Å². The third-order valence-electron chi connectivity index (χ3n) is 2.49. The number of nitrogens with two attached hydrogens (primary N) is 1. The number of aromatic nitrogens is 2. The Balaban J connectivity index is 2.11. The van der Waals surface area contributed by atoms with Crippen molar-refractivity contribution < 1.29 is 14.4 Å². The molecule has 0 aliphatic carbocycles. The highest BCUT2D eigenvalue weighted by Crippen LogP contribution is 2.15. The maximum absolute atomic E-state index is 8.89. The number of nitrogens with zero attached hydrogens (tertiary/aromatic N) is 2. The molecule has 18 heavy (non-hydrogen) atoms. The van der Waals surface area contributed by atoms with E-state index in [2.05, 4.69) is 10.1 Å². The molecule has 0 amide bonds. The van der Waals surface area contributed by atoms with E-state index in [0.717, 1.165) is 11.3 Å². The smallest absolute Gasteiger partial charge is 0.245 e. The monoisotopic (exact) mass is 249 g/mol. The van der Waals surface area contributed by atoms with Crippen LogP contribution in [0.1, 0.15) is 23.3 Å². The molecular formula is C12H15N3O3. The first-order valence-corrected chi connectivity index (χ1v) is 5.54. The molecule has 1 unspecified atom stereocenters. The maximum Gasteiger partial charge on any atom is 0.245 e. The first-order valence-electron chi connectivity index (χ1n) is 5.54. The van der Waals surface area contributed by atoms with Crippen LogP contribution in [-0.2, 0) is 6.42 Å². The highest BCUT2D eigenvalue weighted by atomic mass is 16.5. The molecule has 0 saturated carbocycles. The molecule has 0 saturated heterocycles. The first-order chi connectivity index (χ1) is 8.72. The van der Waals surface area contributed by atoms with Crippen molar-refractivity contribution in [2.45, 2.75) is 12.5 Å². The molecule has 2 rings (SSSR count). The van der Waals surface area contributed by atoms with Gasteiger partial charge in [0.2, 0.25) is 5.89 Å². The van der Waals surface area contributed by atoms with Crippen LogP contribution >= 0.6 is 0 Å². The van der Waals surface area contributed by atoms with Crippen LogP contribution in [0.3, 0.4) is 0 Å². The molecule has 0 aliphatic heterocycles. The molecule has 6 nitrogen and oxygen atoms in total. The van der Waals surface area contributed by atoms with Crippen molar-refractivity contribution in [3.8, 4) is 5.75 Å². The highest BCUT2D eigenvalue weighted by Gasteiger charge is 2.13. The van der Waals surface area contributed by atoms with Gasteiger partial charge < -0.3 is 20.1 Å². The fourth-order valence-corrected chi connectivity index (χ4v) is 1.53. The summed E-state index contributed by atoms with van der Waals surface area (Å²) in [5.41, 5.74) is 6.59. The van der Waals surface area contributed by atoms with Crippen LogP contribution in [0.15, 0.2) is 28.8 Å². The van der Waals surface area contributed by atoms with E-state index >= 15 is 0 Å². The Morgan fingerprint density at radius 3 is 3.06 bits per heavy atom. The van der Waals surface area contributed by atoms with E-state index in [1.807, 2.05) is 24.3 Å². The SMILES string of the molecule is COc1cccc(Cc2noc(C(N)CO)n2)c1. The van der Waals surface area contributed by atoms with Gasteiger partial charge in [-0.2, -0.15) is 4.98 Å². The molecule has 1 aromatic carbocycles. The van der Waals surface area contributed by atoms with E-state index in [0.29, 0.717) is 12.2 Å². The fourth-order valence-electron chi connectivity index (χ4n) is 1.53. The lowest BCUT2D eigenvalue weighted by atomic mass is 10.1. The number of aliphatic hydroxyl groups excluding tert-OH is 1. The summed E-state index contributed by atoms with van der Waals surface area (Å²) in [5, 5.41) is 12.7. The number of benzene rings is 1. The molecule has 1 aromatic heterocycles. The Morgan fingerprint density at radius 2 is 2.33 bits per heavy atom. The Morgan fingerprint density at radius 1 is 1.50 bits per heavy atom. The minimum Gasteiger partial charge on any atom is -0.497 e. The number of aliphatic hydroxyl groups is 1. The molecule has 0 fully saturated rings. The minimum atomic E-state index is -0.628. The molecule has 6 heteroatoms. The van der Waals surface area contributed by atoms with Crippen LogP contribution in [0.4, 0.5) is 0 Å². The van der Waals surface area contributed by atoms with Crippen molar-refractivity contribution >= 4 is 0 Å². The van der Waals surface area contributed by atoms with Gasteiger partial charge in [-0.15, -0.1) is 0 Å². The molecule has 0 aliphatic rings. The van der Waals surface area contributed by atoms with Gasteiger partial charge in [-0.1, -0.05) is 17.3 Å². The van der Waals surface area contributed by atoms with Crippen molar-refractivity contribution in [2.75, 3.05) is 13.7 Å². The first kappa shape index (κ1) is 12.5. The van der Waals surface area contributed by atoms with Gasteiger partial charge in [0.05, 0.1) is 13.7 Å². The molecular weight excluding hydrogens is 234 g/mol. The van der Waals surface area contributed by atoms with Crippen molar-refractivity contribution in [1.82, 2.24) is 10.1 Å². The Kier molecular flexibility index (Phi) is 3.91. The third kappa shape index (κ3) is 2.85. The van der Waals surface area contributed by atoms with E-state index in [9.17, 15) is 0 Å². The second-order valence-electron chi connectivity index (χ2n) is 3.87. The number of methoxy groups -OCH3 is 1. The Labute approximate surface area is 104 Å². The van der Waals surface area contributed by atoms with Crippen molar-refractivity contribution in [3.05, 3.63) is 41.5 Å². The third-order valence-corrected chi connectivity index (χ3v) is 2.49. The standard InChI is InChI=1S/C12H15N3O3/c1-17-9-4-2-3-8(5-9)6-11-14-12(18-15-11)10(13)7-16/h2-5,10,16H,6-7,13H2,1H3.